The van der Waals surface area contributed by atoms with Crippen LogP contribution in [0.1, 0.15) is 21.7 Å². The molecule has 0 aliphatic carbocycles. The molecule has 0 unspecified atom stereocenters. The van der Waals surface area contributed by atoms with Crippen molar-refractivity contribution in [3.63, 3.8) is 0 Å². The molecule has 3 rings (SSSR count). The van der Waals surface area contributed by atoms with Crippen LogP contribution in [-0.4, -0.2) is 65.9 Å². The van der Waals surface area contributed by atoms with Crippen LogP contribution in [0.15, 0.2) is 23.0 Å². The average molecular weight is 345 g/mol. The molecule has 24 heavy (non-hydrogen) atoms. The van der Waals surface area contributed by atoms with Crippen LogP contribution in [0.2, 0.25) is 0 Å². The van der Waals surface area contributed by atoms with Gasteiger partial charge in [0.05, 0.1) is 5.51 Å². The number of amides is 1. The van der Waals surface area contributed by atoms with Crippen molar-refractivity contribution < 1.29 is 4.79 Å². The van der Waals surface area contributed by atoms with E-state index in [1.165, 1.54) is 11.3 Å². The molecule has 1 amide bonds. The Bertz CT molecular complexity index is 701. The van der Waals surface area contributed by atoms with E-state index in [-0.39, 0.29) is 5.91 Å². The fourth-order valence-electron chi connectivity index (χ4n) is 2.79. The third-order valence-electron chi connectivity index (χ3n) is 4.15. The standard InChI is InChI=1S/C17H23N5OS/c1-13-4-5-14-10-22(17(23)15-11-24-12-18-15)9-8-21(16(14)19-13)7-6-20(2)3/h4-5,11-12H,6-10H2,1-3H3. The molecule has 0 bridgehead atoms. The number of rotatable bonds is 4. The highest BCUT2D eigenvalue weighted by molar-refractivity contribution is 7.07. The quantitative estimate of drug-likeness (QED) is 0.847. The predicted octanol–water partition coefficient (Wildman–Crippen LogP) is 1.87. The number of nitrogens with zero attached hydrogens (tertiary/aromatic N) is 5. The molecule has 2 aromatic rings. The van der Waals surface area contributed by atoms with Crippen molar-refractivity contribution in [3.8, 4) is 0 Å². The zero-order valence-corrected chi connectivity index (χ0v) is 15.2. The lowest BCUT2D eigenvalue weighted by Gasteiger charge is -2.25. The molecule has 3 heterocycles. The molecule has 0 saturated heterocycles. The summed E-state index contributed by atoms with van der Waals surface area (Å²) in [5.74, 6) is 1.00. The van der Waals surface area contributed by atoms with Crippen molar-refractivity contribution >= 4 is 23.1 Å². The normalized spacial score (nSPS) is 14.7. The summed E-state index contributed by atoms with van der Waals surface area (Å²) in [6.07, 6.45) is 0. The number of fused-ring (bicyclic) bond motifs is 1. The lowest BCUT2D eigenvalue weighted by atomic mass is 10.2. The van der Waals surface area contributed by atoms with Gasteiger partial charge >= 0.3 is 0 Å². The molecular formula is C17H23N5OS. The smallest absolute Gasteiger partial charge is 0.273 e. The van der Waals surface area contributed by atoms with Gasteiger partial charge in [-0.15, -0.1) is 11.3 Å². The number of thiazole rings is 1. The van der Waals surface area contributed by atoms with Gasteiger partial charge in [-0.05, 0) is 27.1 Å². The van der Waals surface area contributed by atoms with Gasteiger partial charge in [0, 0.05) is 49.4 Å². The van der Waals surface area contributed by atoms with Crippen LogP contribution in [0.5, 0.6) is 0 Å². The second-order valence-electron chi connectivity index (χ2n) is 6.33. The molecule has 2 aromatic heterocycles. The highest BCUT2D eigenvalue weighted by Gasteiger charge is 2.25. The Morgan fingerprint density at radius 1 is 1.33 bits per heavy atom. The lowest BCUT2D eigenvalue weighted by Crippen LogP contribution is -2.38. The monoisotopic (exact) mass is 345 g/mol. The Morgan fingerprint density at radius 2 is 2.17 bits per heavy atom. The molecule has 0 aromatic carbocycles. The van der Waals surface area contributed by atoms with E-state index in [0.717, 1.165) is 36.7 Å². The predicted molar refractivity (Wildman–Crippen MR) is 96.6 cm³/mol. The van der Waals surface area contributed by atoms with Gasteiger partial charge in [-0.3, -0.25) is 4.79 Å². The van der Waals surface area contributed by atoms with Gasteiger partial charge in [0.2, 0.25) is 0 Å². The second-order valence-corrected chi connectivity index (χ2v) is 7.04. The first-order valence-electron chi connectivity index (χ1n) is 8.08. The first-order valence-corrected chi connectivity index (χ1v) is 9.02. The zero-order valence-electron chi connectivity index (χ0n) is 14.4. The number of pyridine rings is 1. The summed E-state index contributed by atoms with van der Waals surface area (Å²) < 4.78 is 0. The Hall–Kier alpha value is -1.99. The molecule has 0 N–H and O–H groups in total. The number of carbonyl (C=O) groups is 1. The van der Waals surface area contributed by atoms with Crippen LogP contribution >= 0.6 is 11.3 Å². The summed E-state index contributed by atoms with van der Waals surface area (Å²) in [5.41, 5.74) is 4.33. The Labute approximate surface area is 146 Å². The van der Waals surface area contributed by atoms with Crippen LogP contribution in [0, 0.1) is 6.92 Å². The first-order chi connectivity index (χ1) is 11.5. The number of aryl methyl sites for hydroxylation is 1. The highest BCUT2D eigenvalue weighted by atomic mass is 32.1. The first kappa shape index (κ1) is 16.9. The van der Waals surface area contributed by atoms with Gasteiger partial charge in [0.1, 0.15) is 11.5 Å². The number of carbonyl (C=O) groups excluding carboxylic acids is 1. The van der Waals surface area contributed by atoms with Crippen molar-refractivity contribution in [2.45, 2.75) is 13.5 Å². The summed E-state index contributed by atoms with van der Waals surface area (Å²) in [6.45, 7) is 5.90. The zero-order chi connectivity index (χ0) is 17.1. The topological polar surface area (TPSA) is 52.6 Å². The van der Waals surface area contributed by atoms with Gasteiger partial charge in [-0.25, -0.2) is 9.97 Å². The van der Waals surface area contributed by atoms with E-state index >= 15 is 0 Å². The second kappa shape index (κ2) is 7.27. The summed E-state index contributed by atoms with van der Waals surface area (Å²) >= 11 is 1.45. The van der Waals surface area contributed by atoms with Crippen molar-refractivity contribution in [3.05, 3.63) is 40.0 Å². The third-order valence-corrected chi connectivity index (χ3v) is 4.74. The molecule has 0 fully saturated rings. The molecule has 7 heteroatoms. The van der Waals surface area contributed by atoms with E-state index < -0.39 is 0 Å². The number of anilines is 1. The maximum Gasteiger partial charge on any atom is 0.273 e. The van der Waals surface area contributed by atoms with Gasteiger partial charge in [0.15, 0.2) is 0 Å². The van der Waals surface area contributed by atoms with E-state index in [4.69, 9.17) is 4.98 Å². The van der Waals surface area contributed by atoms with E-state index in [2.05, 4.69) is 34.9 Å². The van der Waals surface area contributed by atoms with E-state index in [1.807, 2.05) is 23.3 Å². The summed E-state index contributed by atoms with van der Waals surface area (Å²) in [6, 6.07) is 4.10. The Kier molecular flexibility index (Phi) is 5.11. The molecule has 1 aliphatic rings. The minimum atomic E-state index is -0.00256. The lowest BCUT2D eigenvalue weighted by molar-refractivity contribution is 0.0746. The largest absolute Gasteiger partial charge is 0.353 e. The molecule has 6 nitrogen and oxygen atoms in total. The van der Waals surface area contributed by atoms with Crippen LogP contribution in [0.4, 0.5) is 5.82 Å². The van der Waals surface area contributed by atoms with Crippen molar-refractivity contribution in [1.82, 2.24) is 19.8 Å². The van der Waals surface area contributed by atoms with Gasteiger partial charge in [0.25, 0.3) is 5.91 Å². The fourth-order valence-corrected chi connectivity index (χ4v) is 3.32. The minimum Gasteiger partial charge on any atom is -0.353 e. The molecule has 0 saturated carbocycles. The fraction of sp³-hybridized carbons (Fsp3) is 0.471. The number of aromatic nitrogens is 2. The number of hydrogen-bond acceptors (Lipinski definition) is 6. The van der Waals surface area contributed by atoms with Gasteiger partial charge in [-0.1, -0.05) is 6.07 Å². The SMILES string of the molecule is Cc1ccc2c(n1)N(CCN(C)C)CCN(C(=O)c1cscn1)C2. The van der Waals surface area contributed by atoms with Crippen LogP contribution in [0.25, 0.3) is 0 Å². The molecule has 0 radical (unpaired) electrons. The Balaban J connectivity index is 1.85. The van der Waals surface area contributed by atoms with E-state index in [1.54, 1.807) is 5.51 Å². The highest BCUT2D eigenvalue weighted by Crippen LogP contribution is 2.24. The third kappa shape index (κ3) is 3.73. The number of likely N-dealkylation sites (N-methyl/N-ethyl adjacent to an activating group) is 1. The molecular weight excluding hydrogens is 322 g/mol. The minimum absolute atomic E-state index is 0.00256. The van der Waals surface area contributed by atoms with Crippen molar-refractivity contribution in [2.24, 2.45) is 0 Å². The number of hydrogen-bond donors (Lipinski definition) is 0. The van der Waals surface area contributed by atoms with Crippen LogP contribution in [-0.2, 0) is 6.54 Å². The van der Waals surface area contributed by atoms with E-state index in [0.29, 0.717) is 18.8 Å². The molecule has 1 aliphatic heterocycles. The van der Waals surface area contributed by atoms with E-state index in [9.17, 15) is 4.79 Å². The summed E-state index contributed by atoms with van der Waals surface area (Å²) in [4.78, 5) is 27.9. The van der Waals surface area contributed by atoms with Gasteiger partial charge in [-0.2, -0.15) is 0 Å². The van der Waals surface area contributed by atoms with Crippen molar-refractivity contribution in [2.75, 3.05) is 45.2 Å². The molecule has 128 valence electrons. The summed E-state index contributed by atoms with van der Waals surface area (Å²) in [7, 11) is 4.14. The van der Waals surface area contributed by atoms with Crippen LogP contribution in [0.3, 0.4) is 0 Å². The maximum absolute atomic E-state index is 12.7. The Morgan fingerprint density at radius 3 is 2.88 bits per heavy atom. The maximum atomic E-state index is 12.7. The van der Waals surface area contributed by atoms with Crippen molar-refractivity contribution in [1.29, 1.82) is 0 Å². The van der Waals surface area contributed by atoms with Gasteiger partial charge < -0.3 is 14.7 Å². The van der Waals surface area contributed by atoms with Crippen LogP contribution < -0.4 is 4.90 Å². The molecule has 0 spiro atoms. The molecule has 0 atom stereocenters. The average Bonchev–Trinajstić information content (AvgIpc) is 3.02. The summed E-state index contributed by atoms with van der Waals surface area (Å²) in [5, 5.41) is 1.81.